The van der Waals surface area contributed by atoms with Crippen LogP contribution in [0.2, 0.25) is 0 Å². The Morgan fingerprint density at radius 2 is 1.44 bits per heavy atom. The Balaban J connectivity index is 0.000000606. The molecule has 0 bridgehead atoms. The van der Waals surface area contributed by atoms with Crippen molar-refractivity contribution >= 4 is 0 Å². The molecule has 1 aliphatic heterocycles. The first-order valence-corrected chi connectivity index (χ1v) is 7.22. The highest BCUT2D eigenvalue weighted by Crippen LogP contribution is 2.30. The summed E-state index contributed by atoms with van der Waals surface area (Å²) in [5.74, 6) is 1.91. The lowest BCUT2D eigenvalue weighted by Crippen LogP contribution is -2.56. The normalized spacial score (nSPS) is 39.8. The molecular formula is C14H30N2. The maximum absolute atomic E-state index is 3.69. The van der Waals surface area contributed by atoms with E-state index in [4.69, 9.17) is 0 Å². The molecule has 0 amide bonds. The summed E-state index contributed by atoms with van der Waals surface area (Å²) in [6.07, 6.45) is 5.76. The first-order valence-electron chi connectivity index (χ1n) is 7.22. The van der Waals surface area contributed by atoms with Gasteiger partial charge in [-0.25, -0.2) is 0 Å². The lowest BCUT2D eigenvalue weighted by molar-refractivity contribution is 0.202. The van der Waals surface area contributed by atoms with E-state index in [1.165, 1.54) is 32.2 Å². The van der Waals surface area contributed by atoms with Gasteiger partial charge in [0.1, 0.15) is 0 Å². The van der Waals surface area contributed by atoms with Crippen molar-refractivity contribution in [2.24, 2.45) is 11.8 Å². The lowest BCUT2D eigenvalue weighted by atomic mass is 9.79. The van der Waals surface area contributed by atoms with Crippen LogP contribution in [0.1, 0.15) is 53.4 Å². The Morgan fingerprint density at radius 1 is 0.812 bits per heavy atom. The van der Waals surface area contributed by atoms with Gasteiger partial charge < -0.3 is 10.6 Å². The zero-order valence-electron chi connectivity index (χ0n) is 11.6. The summed E-state index contributed by atoms with van der Waals surface area (Å²) >= 11 is 0. The fourth-order valence-corrected chi connectivity index (χ4v) is 2.82. The van der Waals surface area contributed by atoms with E-state index in [0.29, 0.717) is 6.04 Å². The zero-order chi connectivity index (χ0) is 12.0. The van der Waals surface area contributed by atoms with Gasteiger partial charge in [-0.15, -0.1) is 0 Å². The molecule has 2 N–H and O–H groups in total. The first kappa shape index (κ1) is 14.0. The molecule has 2 atom stereocenters. The highest BCUT2D eigenvalue weighted by Gasteiger charge is 2.28. The van der Waals surface area contributed by atoms with Crippen LogP contribution in [-0.4, -0.2) is 25.2 Å². The third-order valence-corrected chi connectivity index (χ3v) is 4.00. The second-order valence-electron chi connectivity index (χ2n) is 5.34. The van der Waals surface area contributed by atoms with Gasteiger partial charge in [-0.2, -0.15) is 0 Å². The van der Waals surface area contributed by atoms with Crippen molar-refractivity contribution < 1.29 is 0 Å². The van der Waals surface area contributed by atoms with Crippen LogP contribution in [0.4, 0.5) is 0 Å². The van der Waals surface area contributed by atoms with Crippen molar-refractivity contribution in [2.75, 3.05) is 13.1 Å². The molecule has 0 spiro atoms. The van der Waals surface area contributed by atoms with Crippen molar-refractivity contribution in [3.05, 3.63) is 0 Å². The highest BCUT2D eigenvalue weighted by atomic mass is 15.1. The van der Waals surface area contributed by atoms with E-state index in [9.17, 15) is 0 Å². The molecule has 1 heterocycles. The molecule has 0 radical (unpaired) electrons. The topological polar surface area (TPSA) is 24.1 Å². The fraction of sp³-hybridized carbons (Fsp3) is 1.00. The number of piperazine rings is 1. The third kappa shape index (κ3) is 4.06. The average molecular weight is 226 g/mol. The van der Waals surface area contributed by atoms with Gasteiger partial charge in [-0.1, -0.05) is 33.6 Å². The van der Waals surface area contributed by atoms with E-state index in [-0.39, 0.29) is 0 Å². The maximum atomic E-state index is 3.69. The Kier molecular flexibility index (Phi) is 6.37. The van der Waals surface area contributed by atoms with Crippen molar-refractivity contribution in [1.29, 1.82) is 0 Å². The molecule has 0 aromatic rings. The van der Waals surface area contributed by atoms with Crippen molar-refractivity contribution in [3.63, 3.8) is 0 Å². The standard InChI is InChI=1S/C12H24N2.C2H6/c1-9-3-5-11(6-4-9)12-8-13-10(2)7-14-12;1-2/h9-14H,3-8H2,1-2H3;1-2H3. The number of nitrogens with one attached hydrogen (secondary N) is 2. The van der Waals surface area contributed by atoms with Crippen LogP contribution < -0.4 is 10.6 Å². The van der Waals surface area contributed by atoms with Gasteiger partial charge >= 0.3 is 0 Å². The van der Waals surface area contributed by atoms with Gasteiger partial charge in [0.15, 0.2) is 0 Å². The molecule has 0 aromatic heterocycles. The van der Waals surface area contributed by atoms with Crippen LogP contribution >= 0.6 is 0 Å². The number of rotatable bonds is 1. The minimum absolute atomic E-state index is 0.661. The van der Waals surface area contributed by atoms with Gasteiger partial charge in [0.2, 0.25) is 0 Å². The van der Waals surface area contributed by atoms with Gasteiger partial charge in [0.25, 0.3) is 0 Å². The average Bonchev–Trinajstić information content (AvgIpc) is 2.34. The molecule has 16 heavy (non-hydrogen) atoms. The summed E-state index contributed by atoms with van der Waals surface area (Å²) in [5.41, 5.74) is 0. The predicted molar refractivity (Wildman–Crippen MR) is 71.7 cm³/mol. The highest BCUT2D eigenvalue weighted by molar-refractivity contribution is 4.87. The van der Waals surface area contributed by atoms with Crippen LogP contribution in [0.25, 0.3) is 0 Å². The molecule has 2 heteroatoms. The van der Waals surface area contributed by atoms with E-state index in [2.05, 4.69) is 24.5 Å². The fourth-order valence-electron chi connectivity index (χ4n) is 2.82. The Bertz CT molecular complexity index is 146. The molecule has 96 valence electrons. The van der Waals surface area contributed by atoms with Crippen LogP contribution in [0.3, 0.4) is 0 Å². The lowest BCUT2D eigenvalue weighted by Gasteiger charge is -2.37. The largest absolute Gasteiger partial charge is 0.311 e. The molecule has 0 aromatic carbocycles. The SMILES string of the molecule is CC.CC1CCC(C2CNC(C)CN2)CC1. The third-order valence-electron chi connectivity index (χ3n) is 4.00. The quantitative estimate of drug-likeness (QED) is 0.718. The van der Waals surface area contributed by atoms with E-state index >= 15 is 0 Å². The van der Waals surface area contributed by atoms with Gasteiger partial charge in [-0.05, 0) is 31.6 Å². The summed E-state index contributed by atoms with van der Waals surface area (Å²) in [7, 11) is 0. The minimum atomic E-state index is 0.661. The molecule has 1 saturated carbocycles. The van der Waals surface area contributed by atoms with E-state index in [1.54, 1.807) is 0 Å². The smallest absolute Gasteiger partial charge is 0.0221 e. The Labute approximate surface area is 102 Å². The maximum Gasteiger partial charge on any atom is 0.0221 e. The van der Waals surface area contributed by atoms with Crippen LogP contribution in [0, 0.1) is 11.8 Å². The van der Waals surface area contributed by atoms with Gasteiger partial charge in [0, 0.05) is 25.2 Å². The van der Waals surface area contributed by atoms with E-state index in [1.807, 2.05) is 13.8 Å². The minimum Gasteiger partial charge on any atom is -0.311 e. The predicted octanol–water partition coefficient (Wildman–Crippen LogP) is 2.79. The van der Waals surface area contributed by atoms with Crippen LogP contribution in [0.15, 0.2) is 0 Å². The molecule has 2 fully saturated rings. The monoisotopic (exact) mass is 226 g/mol. The Hall–Kier alpha value is -0.0800. The molecule has 1 saturated heterocycles. The molecule has 2 nitrogen and oxygen atoms in total. The van der Waals surface area contributed by atoms with E-state index in [0.717, 1.165) is 24.4 Å². The van der Waals surface area contributed by atoms with Gasteiger partial charge in [0.05, 0.1) is 0 Å². The second-order valence-corrected chi connectivity index (χ2v) is 5.34. The number of hydrogen-bond donors (Lipinski definition) is 2. The number of hydrogen-bond acceptors (Lipinski definition) is 2. The summed E-state index contributed by atoms with van der Waals surface area (Å²) in [4.78, 5) is 0. The summed E-state index contributed by atoms with van der Waals surface area (Å²) in [6.45, 7) is 11.0. The van der Waals surface area contributed by atoms with E-state index < -0.39 is 0 Å². The summed E-state index contributed by atoms with van der Waals surface area (Å²) in [6, 6.07) is 1.41. The van der Waals surface area contributed by atoms with Crippen molar-refractivity contribution in [2.45, 2.75) is 65.5 Å². The van der Waals surface area contributed by atoms with Gasteiger partial charge in [-0.3, -0.25) is 0 Å². The molecule has 2 rings (SSSR count). The van der Waals surface area contributed by atoms with Crippen LogP contribution in [-0.2, 0) is 0 Å². The molecule has 2 aliphatic rings. The Morgan fingerprint density at radius 3 is 1.94 bits per heavy atom. The molecular weight excluding hydrogens is 196 g/mol. The zero-order valence-corrected chi connectivity index (χ0v) is 11.6. The second kappa shape index (κ2) is 7.29. The molecule has 1 aliphatic carbocycles. The van der Waals surface area contributed by atoms with Crippen molar-refractivity contribution in [3.8, 4) is 0 Å². The summed E-state index contributed by atoms with van der Waals surface area (Å²) < 4.78 is 0. The summed E-state index contributed by atoms with van der Waals surface area (Å²) in [5, 5.41) is 7.27. The van der Waals surface area contributed by atoms with Crippen LogP contribution in [0.5, 0.6) is 0 Å². The van der Waals surface area contributed by atoms with Crippen molar-refractivity contribution in [1.82, 2.24) is 10.6 Å². The molecule has 2 unspecified atom stereocenters. The first-order chi connectivity index (χ1) is 7.75.